The first-order valence-corrected chi connectivity index (χ1v) is 30.0. The third-order valence-electron chi connectivity index (χ3n) is 12.2. The number of fused-ring (bicyclic) bond motifs is 4. The molecule has 0 fully saturated rings. The van der Waals surface area contributed by atoms with Crippen molar-refractivity contribution in [2.45, 2.75) is 76.5 Å². The predicted octanol–water partition coefficient (Wildman–Crippen LogP) is 15.6. The van der Waals surface area contributed by atoms with Gasteiger partial charge in [-0.1, -0.05) is 93.2 Å². The summed E-state index contributed by atoms with van der Waals surface area (Å²) >= 11 is -2.03. The van der Waals surface area contributed by atoms with E-state index in [4.69, 9.17) is 10.8 Å². The zero-order chi connectivity index (χ0) is 46.3. The number of benzene rings is 6. The number of hydrogen-bond acceptors (Lipinski definition) is 4. The van der Waals surface area contributed by atoms with Gasteiger partial charge in [-0.05, 0) is 87.7 Å². The Morgan fingerprint density at radius 1 is 0.636 bits per heavy atom. The van der Waals surface area contributed by atoms with Crippen molar-refractivity contribution in [3.63, 3.8) is 0 Å². The number of pyridine rings is 2. The molecule has 66 heavy (non-hydrogen) atoms. The summed E-state index contributed by atoms with van der Waals surface area (Å²) in [5.74, 6) is 7.84. The third kappa shape index (κ3) is 9.24. The van der Waals surface area contributed by atoms with E-state index in [1.165, 1.54) is 32.3 Å². The van der Waals surface area contributed by atoms with Crippen LogP contribution in [0.5, 0.6) is 0 Å². The Bertz CT molecular complexity index is 3300. The number of rotatable bonds is 9. The van der Waals surface area contributed by atoms with E-state index in [1.54, 1.807) is 0 Å². The van der Waals surface area contributed by atoms with Crippen LogP contribution in [0.15, 0.2) is 163 Å². The van der Waals surface area contributed by atoms with Crippen molar-refractivity contribution in [2.24, 2.45) is 0 Å². The fourth-order valence-electron chi connectivity index (χ4n) is 8.83. The van der Waals surface area contributed by atoms with Gasteiger partial charge in [0.2, 0.25) is 0 Å². The molecule has 0 saturated carbocycles. The number of furan rings is 1. The molecule has 10 aromatic rings. The standard InChI is InChI=1S/C42H34N3O.C17H22GeN.Ir/c1-26(2)35-23-31(28-11-6-5-7-12-28)24-36(27(3)4)40(35)45-38-16-9-8-15-37(38)44-42(45)34-14-10-13-33-32-18-17-30(25-39(32)46-41(33)34)29-19-21-43-22-20-29;1-13(2)15-11-17(14-9-7-6-8-10-14)19-12-16(15)18(3,4)5;/h5-13,15-27H,1-4H3;6-9,11-13H,1-5H3;/q2*-1;/i;13D;. The first-order chi connectivity index (χ1) is 31.7. The molecule has 0 N–H and O–H groups in total. The van der Waals surface area contributed by atoms with E-state index in [2.05, 4.69) is 169 Å². The molecule has 5 nitrogen and oxygen atoms in total. The van der Waals surface area contributed by atoms with E-state index >= 15 is 0 Å². The van der Waals surface area contributed by atoms with Gasteiger partial charge >= 0.3 is 120 Å². The van der Waals surface area contributed by atoms with Crippen molar-refractivity contribution in [3.8, 4) is 50.6 Å². The molecule has 7 heteroatoms. The van der Waals surface area contributed by atoms with Crippen LogP contribution in [0, 0.1) is 12.1 Å². The van der Waals surface area contributed by atoms with E-state index in [1.807, 2.05) is 74.9 Å². The van der Waals surface area contributed by atoms with Crippen LogP contribution in [0.2, 0.25) is 17.3 Å². The summed E-state index contributed by atoms with van der Waals surface area (Å²) in [6, 6.07) is 55.1. The number of nitrogens with zero attached hydrogens (tertiary/aromatic N) is 4. The fourth-order valence-corrected chi connectivity index (χ4v) is 12.2. The van der Waals surface area contributed by atoms with Crippen LogP contribution in [-0.2, 0) is 20.1 Å². The normalized spacial score (nSPS) is 12.1. The molecule has 1 radical (unpaired) electrons. The average Bonchev–Trinajstić information content (AvgIpc) is 3.90. The Morgan fingerprint density at radius 3 is 1.98 bits per heavy atom. The molecule has 0 unspecified atom stereocenters. The van der Waals surface area contributed by atoms with Gasteiger partial charge < -0.3 is 8.98 Å². The van der Waals surface area contributed by atoms with Crippen molar-refractivity contribution in [2.75, 3.05) is 0 Å². The maximum Gasteiger partial charge on any atom is 0 e. The molecule has 0 aliphatic rings. The number of para-hydroxylation sites is 2. The minimum atomic E-state index is -2.03. The van der Waals surface area contributed by atoms with Gasteiger partial charge in [-0.3, -0.25) is 9.97 Å². The maximum atomic E-state index is 8.44. The predicted molar refractivity (Wildman–Crippen MR) is 275 cm³/mol. The summed E-state index contributed by atoms with van der Waals surface area (Å²) in [5.41, 5.74) is 15.9. The summed E-state index contributed by atoms with van der Waals surface area (Å²) in [4.78, 5) is 14.1. The van der Waals surface area contributed by atoms with Crippen LogP contribution in [0.3, 0.4) is 0 Å². The Hall–Kier alpha value is -5.92. The Kier molecular flexibility index (Phi) is 13.4. The first kappa shape index (κ1) is 45.2. The second-order valence-corrected chi connectivity index (χ2v) is 29.3. The summed E-state index contributed by atoms with van der Waals surface area (Å²) in [7, 11) is 0. The molecular weight excluding hydrogens is 1050 g/mol. The van der Waals surface area contributed by atoms with Gasteiger partial charge in [-0.25, -0.2) is 0 Å². The first-order valence-electron chi connectivity index (χ1n) is 23.1. The molecule has 0 atom stereocenters. The smallest absolute Gasteiger partial charge is 0 e. The van der Waals surface area contributed by atoms with Crippen LogP contribution in [0.25, 0.3) is 83.6 Å². The van der Waals surface area contributed by atoms with E-state index in [0.29, 0.717) is 0 Å². The second kappa shape index (κ2) is 19.5. The average molecular weight is 1100 g/mol. The molecule has 6 aromatic carbocycles. The van der Waals surface area contributed by atoms with E-state index < -0.39 is 19.2 Å². The monoisotopic (exact) mass is 1100 g/mol. The molecule has 0 bridgehead atoms. The number of imidazole rings is 1. The Labute approximate surface area is 407 Å². The van der Waals surface area contributed by atoms with Gasteiger partial charge in [0.15, 0.2) is 0 Å². The molecule has 10 rings (SSSR count). The van der Waals surface area contributed by atoms with Gasteiger partial charge in [0.1, 0.15) is 5.58 Å². The van der Waals surface area contributed by atoms with Crippen LogP contribution in [-0.4, -0.2) is 32.8 Å². The van der Waals surface area contributed by atoms with Crippen molar-refractivity contribution in [1.29, 1.82) is 0 Å². The van der Waals surface area contributed by atoms with E-state index in [-0.39, 0.29) is 31.9 Å². The van der Waals surface area contributed by atoms with Crippen molar-refractivity contribution in [1.82, 2.24) is 19.5 Å². The molecule has 4 heterocycles. The minimum Gasteiger partial charge on any atom is 0 e. The van der Waals surface area contributed by atoms with Crippen molar-refractivity contribution in [3.05, 3.63) is 187 Å². The zero-order valence-electron chi connectivity index (χ0n) is 40.2. The van der Waals surface area contributed by atoms with Crippen molar-refractivity contribution < 1.29 is 25.9 Å². The molecule has 0 saturated heterocycles. The molecule has 0 amide bonds. The van der Waals surface area contributed by atoms with Crippen LogP contribution < -0.4 is 4.40 Å². The topological polar surface area (TPSA) is 56.7 Å². The van der Waals surface area contributed by atoms with E-state index in [0.717, 1.165) is 72.3 Å². The van der Waals surface area contributed by atoms with E-state index in [9.17, 15) is 0 Å². The summed E-state index contributed by atoms with van der Waals surface area (Å²) < 4.78 is 18.8. The minimum absolute atomic E-state index is 0. The van der Waals surface area contributed by atoms with Gasteiger partial charge in [0, 0.05) is 43.6 Å². The summed E-state index contributed by atoms with van der Waals surface area (Å²) in [5, 5.41) is 2.12. The number of aromatic nitrogens is 4. The summed E-state index contributed by atoms with van der Waals surface area (Å²) in [6.07, 6.45) is 5.64. The fraction of sp³-hybridized carbons (Fsp3) is 0.203. The van der Waals surface area contributed by atoms with Gasteiger partial charge in [-0.15, -0.1) is 18.2 Å². The third-order valence-corrected chi connectivity index (χ3v) is 16.4. The molecule has 4 aromatic heterocycles. The van der Waals surface area contributed by atoms with Gasteiger partial charge in [-0.2, -0.15) is 0 Å². The zero-order valence-corrected chi connectivity index (χ0v) is 43.7. The maximum absolute atomic E-state index is 8.44. The van der Waals surface area contributed by atoms with Crippen LogP contribution in [0.1, 0.15) is 77.3 Å². The van der Waals surface area contributed by atoms with Gasteiger partial charge in [0.05, 0.1) is 22.4 Å². The van der Waals surface area contributed by atoms with Crippen LogP contribution >= 0.6 is 0 Å². The van der Waals surface area contributed by atoms with Gasteiger partial charge in [0.25, 0.3) is 0 Å². The molecule has 0 aliphatic carbocycles. The van der Waals surface area contributed by atoms with Crippen molar-refractivity contribution >= 4 is 50.6 Å². The largest absolute Gasteiger partial charge is 0 e. The quantitative estimate of drug-likeness (QED) is 0.107. The second-order valence-electron chi connectivity index (χ2n) is 18.7. The molecular formula is C59H56GeIrN4O-2. The van der Waals surface area contributed by atoms with Crippen LogP contribution in [0.4, 0.5) is 0 Å². The Balaban J connectivity index is 0.000000244. The SMILES string of the molecule is CC(C)c1cc(-c2ccccc2)cc(C(C)C)c1-n1c(-c2[c-]ccc3c2oc2cc(-c4ccncc4)ccc23)nc2ccccc21.[2H]C(C)(C)c1cc(-c2[c-]cccc2)nc[c]1[Ge]([CH3])([CH3])[CH3].[Ir]. The molecule has 333 valence electrons. The molecule has 0 aliphatic heterocycles. The Morgan fingerprint density at radius 2 is 1.32 bits per heavy atom. The summed E-state index contributed by atoms with van der Waals surface area (Å²) in [6.45, 7) is 13.0. The molecule has 0 spiro atoms. The number of hydrogen-bond donors (Lipinski definition) is 0.